The summed E-state index contributed by atoms with van der Waals surface area (Å²) in [6.07, 6.45) is 3.77. The lowest BCUT2D eigenvalue weighted by Crippen LogP contribution is -2.30. The first-order valence-electron chi connectivity index (χ1n) is 4.99. The summed E-state index contributed by atoms with van der Waals surface area (Å²) in [5, 5.41) is 18.4. The second-order valence-electron chi connectivity index (χ2n) is 4.28. The largest absolute Gasteiger partial charge is 0.368 e. The molecule has 0 aromatic heterocycles. The molecular weight excluding hydrogens is 152 g/mol. The van der Waals surface area contributed by atoms with E-state index in [2.05, 4.69) is 13.8 Å². The van der Waals surface area contributed by atoms with Gasteiger partial charge in [-0.05, 0) is 24.7 Å². The predicted octanol–water partition coefficient (Wildman–Crippen LogP) is 1.76. The van der Waals surface area contributed by atoms with Crippen LogP contribution in [0.4, 0.5) is 0 Å². The van der Waals surface area contributed by atoms with Crippen molar-refractivity contribution >= 4 is 0 Å². The molecule has 0 bridgehead atoms. The Morgan fingerprint density at radius 1 is 1.08 bits per heavy atom. The first-order chi connectivity index (χ1) is 5.63. The van der Waals surface area contributed by atoms with Crippen molar-refractivity contribution in [3.63, 3.8) is 0 Å². The minimum atomic E-state index is -1.12. The predicted molar refractivity (Wildman–Crippen MR) is 48.5 cm³/mol. The number of aliphatic hydroxyl groups is 2. The van der Waals surface area contributed by atoms with Crippen molar-refractivity contribution in [1.82, 2.24) is 0 Å². The summed E-state index contributed by atoms with van der Waals surface area (Å²) in [6, 6.07) is 0. The average molecular weight is 172 g/mol. The van der Waals surface area contributed by atoms with E-state index in [1.807, 2.05) is 0 Å². The van der Waals surface area contributed by atoms with Crippen LogP contribution in [0.25, 0.3) is 0 Å². The van der Waals surface area contributed by atoms with Gasteiger partial charge in [-0.1, -0.05) is 26.7 Å². The molecule has 0 radical (unpaired) electrons. The van der Waals surface area contributed by atoms with Gasteiger partial charge in [-0.2, -0.15) is 0 Å². The zero-order chi connectivity index (χ0) is 9.14. The summed E-state index contributed by atoms with van der Waals surface area (Å²) < 4.78 is 0. The normalized spacial score (nSPS) is 22.5. The lowest BCUT2D eigenvalue weighted by atomic mass is 9.82. The Hall–Kier alpha value is -0.0800. The van der Waals surface area contributed by atoms with E-state index in [4.69, 9.17) is 0 Å². The van der Waals surface area contributed by atoms with E-state index in [0.29, 0.717) is 11.8 Å². The maximum Gasteiger partial charge on any atom is 0.154 e. The van der Waals surface area contributed by atoms with E-state index in [0.717, 1.165) is 0 Å². The second-order valence-corrected chi connectivity index (χ2v) is 4.28. The molecule has 0 aliphatic heterocycles. The van der Waals surface area contributed by atoms with Gasteiger partial charge in [0.25, 0.3) is 0 Å². The molecule has 1 rings (SSSR count). The molecular formula is C10H20O2. The highest BCUT2D eigenvalue weighted by Gasteiger charge is 2.31. The highest BCUT2D eigenvalue weighted by Crippen LogP contribution is 2.36. The highest BCUT2D eigenvalue weighted by molar-refractivity contribution is 4.78. The molecule has 0 saturated heterocycles. The Kier molecular flexibility index (Phi) is 3.53. The van der Waals surface area contributed by atoms with Crippen molar-refractivity contribution in [3.8, 4) is 0 Å². The van der Waals surface area contributed by atoms with Crippen LogP contribution in [-0.2, 0) is 0 Å². The monoisotopic (exact) mass is 172 g/mol. The smallest absolute Gasteiger partial charge is 0.154 e. The Morgan fingerprint density at radius 2 is 1.58 bits per heavy atom. The fraction of sp³-hybridized carbons (Fsp3) is 1.00. The lowest BCUT2D eigenvalue weighted by Gasteiger charge is -2.28. The molecule has 0 heterocycles. The molecule has 0 amide bonds. The van der Waals surface area contributed by atoms with E-state index in [9.17, 15) is 10.2 Å². The molecule has 2 heteroatoms. The molecule has 12 heavy (non-hydrogen) atoms. The van der Waals surface area contributed by atoms with Crippen LogP contribution in [0.2, 0.25) is 0 Å². The van der Waals surface area contributed by atoms with Crippen molar-refractivity contribution in [1.29, 1.82) is 0 Å². The Labute approximate surface area is 74.6 Å². The maximum absolute atomic E-state index is 9.20. The highest BCUT2D eigenvalue weighted by atomic mass is 16.5. The van der Waals surface area contributed by atoms with Gasteiger partial charge in [-0.15, -0.1) is 0 Å². The molecule has 0 aromatic carbocycles. The van der Waals surface area contributed by atoms with Gasteiger partial charge in [-0.25, -0.2) is 0 Å². The summed E-state index contributed by atoms with van der Waals surface area (Å²) in [4.78, 5) is 0. The van der Waals surface area contributed by atoms with Crippen molar-refractivity contribution < 1.29 is 10.2 Å². The Morgan fingerprint density at radius 3 is 1.92 bits per heavy atom. The molecule has 2 nitrogen and oxygen atoms in total. The molecule has 1 unspecified atom stereocenters. The summed E-state index contributed by atoms with van der Waals surface area (Å²) in [6.45, 7) is 4.14. The average Bonchev–Trinajstić information content (AvgIpc) is 2.37. The van der Waals surface area contributed by atoms with E-state index in [-0.39, 0.29) is 5.92 Å². The fourth-order valence-corrected chi connectivity index (χ4v) is 2.47. The zero-order valence-electron chi connectivity index (χ0n) is 8.03. The van der Waals surface area contributed by atoms with Gasteiger partial charge in [-0.3, -0.25) is 0 Å². The molecule has 1 atom stereocenters. The van der Waals surface area contributed by atoms with Crippen LogP contribution in [-0.4, -0.2) is 16.5 Å². The number of hydrogen-bond donors (Lipinski definition) is 2. The van der Waals surface area contributed by atoms with Gasteiger partial charge in [0.15, 0.2) is 6.29 Å². The van der Waals surface area contributed by atoms with Crippen LogP contribution in [0.1, 0.15) is 39.5 Å². The molecule has 1 aliphatic carbocycles. The zero-order valence-corrected chi connectivity index (χ0v) is 8.03. The number of hydrogen-bond acceptors (Lipinski definition) is 2. The quantitative estimate of drug-likeness (QED) is 0.637. The molecule has 0 spiro atoms. The van der Waals surface area contributed by atoms with Crippen LogP contribution in [0, 0.1) is 17.8 Å². The minimum absolute atomic E-state index is 0.0903. The first-order valence-corrected chi connectivity index (χ1v) is 4.99. The summed E-state index contributed by atoms with van der Waals surface area (Å²) >= 11 is 0. The SMILES string of the molecule is CC(C)C(C(O)O)C1CCCC1. The van der Waals surface area contributed by atoms with E-state index in [1.54, 1.807) is 0 Å². The van der Waals surface area contributed by atoms with Crippen LogP contribution in [0.15, 0.2) is 0 Å². The van der Waals surface area contributed by atoms with Crippen LogP contribution in [0.3, 0.4) is 0 Å². The van der Waals surface area contributed by atoms with Crippen LogP contribution in [0.5, 0.6) is 0 Å². The second kappa shape index (κ2) is 4.24. The maximum atomic E-state index is 9.20. The third kappa shape index (κ3) is 2.20. The first kappa shape index (κ1) is 10.0. The van der Waals surface area contributed by atoms with Crippen LogP contribution >= 0.6 is 0 Å². The van der Waals surface area contributed by atoms with Crippen molar-refractivity contribution in [3.05, 3.63) is 0 Å². The lowest BCUT2D eigenvalue weighted by molar-refractivity contribution is -0.114. The van der Waals surface area contributed by atoms with E-state index in [1.165, 1.54) is 25.7 Å². The molecule has 1 aliphatic rings. The van der Waals surface area contributed by atoms with E-state index < -0.39 is 6.29 Å². The molecule has 0 aromatic rings. The van der Waals surface area contributed by atoms with Gasteiger partial charge in [0.2, 0.25) is 0 Å². The summed E-state index contributed by atoms with van der Waals surface area (Å²) in [5.41, 5.74) is 0. The Balaban J connectivity index is 2.52. The van der Waals surface area contributed by atoms with Gasteiger partial charge in [0, 0.05) is 5.92 Å². The van der Waals surface area contributed by atoms with Crippen molar-refractivity contribution in [2.24, 2.45) is 17.8 Å². The third-order valence-electron chi connectivity index (χ3n) is 3.06. The number of rotatable bonds is 3. The van der Waals surface area contributed by atoms with Crippen LogP contribution < -0.4 is 0 Å². The molecule has 1 fully saturated rings. The summed E-state index contributed by atoms with van der Waals surface area (Å²) in [5.74, 6) is 1.02. The van der Waals surface area contributed by atoms with Crippen molar-refractivity contribution in [2.75, 3.05) is 0 Å². The summed E-state index contributed by atoms with van der Waals surface area (Å²) in [7, 11) is 0. The molecule has 1 saturated carbocycles. The van der Waals surface area contributed by atoms with Gasteiger partial charge in [0.1, 0.15) is 0 Å². The Bertz CT molecular complexity index is 118. The standard InChI is InChI=1S/C10H20O2/c1-7(2)9(10(11)12)8-5-3-4-6-8/h7-12H,3-6H2,1-2H3. The minimum Gasteiger partial charge on any atom is -0.368 e. The van der Waals surface area contributed by atoms with Gasteiger partial charge < -0.3 is 10.2 Å². The number of aliphatic hydroxyl groups excluding tert-OH is 1. The topological polar surface area (TPSA) is 40.5 Å². The van der Waals surface area contributed by atoms with Gasteiger partial charge in [0.05, 0.1) is 0 Å². The molecule has 72 valence electrons. The van der Waals surface area contributed by atoms with Crippen molar-refractivity contribution in [2.45, 2.75) is 45.8 Å². The van der Waals surface area contributed by atoms with Gasteiger partial charge >= 0.3 is 0 Å². The van der Waals surface area contributed by atoms with E-state index >= 15 is 0 Å². The fourth-order valence-electron chi connectivity index (χ4n) is 2.47. The molecule has 2 N–H and O–H groups in total. The third-order valence-corrected chi connectivity index (χ3v) is 3.06.